The second-order valence-electron chi connectivity index (χ2n) is 6.22. The Hall–Kier alpha value is -4.08. The van der Waals surface area contributed by atoms with Crippen molar-refractivity contribution >= 4 is 29.6 Å². The van der Waals surface area contributed by atoms with Gasteiger partial charge in [-0.25, -0.2) is 4.79 Å². The van der Waals surface area contributed by atoms with Crippen molar-refractivity contribution in [1.82, 2.24) is 20.6 Å². The maximum absolute atomic E-state index is 12.6. The average Bonchev–Trinajstić information content (AvgIpc) is 3.47. The highest BCUT2D eigenvalue weighted by molar-refractivity contribution is 6.31. The number of hydrogen-bond acceptors (Lipinski definition) is 8. The molecular formula is C18H12N6O4. The molecule has 10 heteroatoms. The van der Waals surface area contributed by atoms with E-state index in [2.05, 4.69) is 25.7 Å². The standard InChI is InChI=1S/C18H12N6O4/c1-9-14(16(25)24(21-9)18-19-22-23-20-18)7-12-3-5-15(28-12)10-2-4-13-11(6-10)8-27-17(13)26/h2-7H,8H2,1H3,(H,19,20,22,23)/b14-7+. The highest BCUT2D eigenvalue weighted by Crippen LogP contribution is 2.29. The molecule has 138 valence electrons. The van der Waals surface area contributed by atoms with E-state index in [0.717, 1.165) is 16.1 Å². The number of rotatable bonds is 3. The minimum Gasteiger partial charge on any atom is -0.457 e. The fraction of sp³-hybridized carbons (Fsp3) is 0.111. The lowest BCUT2D eigenvalue weighted by Crippen LogP contribution is -2.22. The predicted octanol–water partition coefficient (Wildman–Crippen LogP) is 1.94. The van der Waals surface area contributed by atoms with Crippen molar-refractivity contribution in [3.05, 3.63) is 52.8 Å². The number of tetrazole rings is 1. The van der Waals surface area contributed by atoms with Gasteiger partial charge in [0.1, 0.15) is 18.1 Å². The van der Waals surface area contributed by atoms with Crippen molar-refractivity contribution in [3.63, 3.8) is 0 Å². The van der Waals surface area contributed by atoms with Gasteiger partial charge in [-0.15, -0.1) is 5.10 Å². The lowest BCUT2D eigenvalue weighted by Gasteiger charge is -2.04. The van der Waals surface area contributed by atoms with E-state index in [4.69, 9.17) is 9.15 Å². The Morgan fingerprint density at radius 2 is 2.11 bits per heavy atom. The van der Waals surface area contributed by atoms with Gasteiger partial charge in [0.15, 0.2) is 0 Å². The largest absolute Gasteiger partial charge is 0.457 e. The maximum Gasteiger partial charge on any atom is 0.338 e. The van der Waals surface area contributed by atoms with Gasteiger partial charge >= 0.3 is 5.97 Å². The molecule has 1 amide bonds. The number of carbonyl (C=O) groups excluding carboxylic acids is 2. The zero-order valence-corrected chi connectivity index (χ0v) is 14.5. The van der Waals surface area contributed by atoms with Crippen molar-refractivity contribution in [2.75, 3.05) is 5.01 Å². The maximum atomic E-state index is 12.6. The number of benzene rings is 1. The van der Waals surface area contributed by atoms with Crippen LogP contribution in [-0.2, 0) is 16.1 Å². The number of hydrazone groups is 1. The molecule has 0 saturated heterocycles. The summed E-state index contributed by atoms with van der Waals surface area (Å²) in [7, 11) is 0. The fourth-order valence-corrected chi connectivity index (χ4v) is 3.08. The van der Waals surface area contributed by atoms with E-state index in [1.54, 1.807) is 37.3 Å². The number of carbonyl (C=O) groups is 2. The van der Waals surface area contributed by atoms with Crippen molar-refractivity contribution in [2.45, 2.75) is 13.5 Å². The zero-order valence-electron chi connectivity index (χ0n) is 14.5. The second kappa shape index (κ2) is 5.98. The zero-order chi connectivity index (χ0) is 19.3. The van der Waals surface area contributed by atoms with Crippen LogP contribution < -0.4 is 5.01 Å². The highest BCUT2D eigenvalue weighted by atomic mass is 16.5. The molecule has 0 unspecified atom stereocenters. The molecule has 5 rings (SSSR count). The van der Waals surface area contributed by atoms with Crippen LogP contribution in [0.5, 0.6) is 0 Å². The van der Waals surface area contributed by atoms with Crippen LogP contribution in [-0.4, -0.2) is 38.2 Å². The Labute approximate surface area is 157 Å². The minimum absolute atomic E-state index is 0.0720. The molecule has 28 heavy (non-hydrogen) atoms. The Morgan fingerprint density at radius 3 is 2.93 bits per heavy atom. The Morgan fingerprint density at radius 1 is 1.21 bits per heavy atom. The fourth-order valence-electron chi connectivity index (χ4n) is 3.08. The van der Waals surface area contributed by atoms with Crippen LogP contribution >= 0.6 is 0 Å². The number of esters is 1. The summed E-state index contributed by atoms with van der Waals surface area (Å²) < 4.78 is 10.9. The summed E-state index contributed by atoms with van der Waals surface area (Å²) in [5.41, 5.74) is 3.10. The molecular weight excluding hydrogens is 364 g/mol. The van der Waals surface area contributed by atoms with Crippen LogP contribution in [0.3, 0.4) is 0 Å². The molecule has 4 heterocycles. The van der Waals surface area contributed by atoms with E-state index in [1.165, 1.54) is 0 Å². The average molecular weight is 376 g/mol. The molecule has 0 fully saturated rings. The van der Waals surface area contributed by atoms with Crippen molar-refractivity contribution in [1.29, 1.82) is 0 Å². The number of cyclic esters (lactones) is 1. The van der Waals surface area contributed by atoms with Crippen LogP contribution in [0.2, 0.25) is 0 Å². The normalized spacial score (nSPS) is 17.2. The topological polar surface area (TPSA) is 127 Å². The number of nitrogens with zero attached hydrogens (tertiary/aromatic N) is 5. The molecule has 10 nitrogen and oxygen atoms in total. The SMILES string of the molecule is CC1=NN(c2nn[nH]n2)C(=O)/C1=C/c1ccc(-c2ccc3c(c2)COC3=O)o1. The smallest absolute Gasteiger partial charge is 0.338 e. The summed E-state index contributed by atoms with van der Waals surface area (Å²) in [6.45, 7) is 1.97. The predicted molar refractivity (Wildman–Crippen MR) is 96.0 cm³/mol. The van der Waals surface area contributed by atoms with Gasteiger partial charge in [0, 0.05) is 11.1 Å². The molecule has 1 N–H and O–H groups in total. The Bertz CT molecular complexity index is 1170. The molecule has 0 bridgehead atoms. The number of amides is 1. The van der Waals surface area contributed by atoms with Crippen LogP contribution in [0.4, 0.5) is 5.95 Å². The molecule has 1 aromatic carbocycles. The van der Waals surface area contributed by atoms with E-state index in [9.17, 15) is 9.59 Å². The van der Waals surface area contributed by atoms with Crippen LogP contribution in [0.1, 0.15) is 28.6 Å². The summed E-state index contributed by atoms with van der Waals surface area (Å²) in [6, 6.07) is 8.94. The van der Waals surface area contributed by atoms with Gasteiger partial charge < -0.3 is 9.15 Å². The monoisotopic (exact) mass is 376 g/mol. The number of anilines is 1. The van der Waals surface area contributed by atoms with Gasteiger partial charge in [0.2, 0.25) is 0 Å². The van der Waals surface area contributed by atoms with Crippen molar-refractivity contribution in [2.24, 2.45) is 5.10 Å². The first-order chi connectivity index (χ1) is 13.6. The summed E-state index contributed by atoms with van der Waals surface area (Å²) >= 11 is 0. The second-order valence-corrected chi connectivity index (χ2v) is 6.22. The number of H-pyrrole nitrogens is 1. The quantitative estimate of drug-likeness (QED) is 0.546. The van der Waals surface area contributed by atoms with Crippen molar-refractivity contribution < 1.29 is 18.7 Å². The first-order valence-electron chi connectivity index (χ1n) is 8.35. The molecule has 0 aliphatic carbocycles. The van der Waals surface area contributed by atoms with Gasteiger partial charge in [0.25, 0.3) is 11.9 Å². The lowest BCUT2D eigenvalue weighted by atomic mass is 10.0. The van der Waals surface area contributed by atoms with E-state index >= 15 is 0 Å². The number of fused-ring (bicyclic) bond motifs is 1. The van der Waals surface area contributed by atoms with Gasteiger partial charge in [-0.1, -0.05) is 11.2 Å². The van der Waals surface area contributed by atoms with Gasteiger partial charge in [0.05, 0.1) is 16.8 Å². The van der Waals surface area contributed by atoms with E-state index in [1.807, 2.05) is 6.07 Å². The minimum atomic E-state index is -0.370. The molecule has 3 aromatic rings. The van der Waals surface area contributed by atoms with Gasteiger partial charge in [-0.05, 0) is 42.5 Å². The number of ether oxygens (including phenoxy) is 1. The molecule has 0 atom stereocenters. The number of aromatic nitrogens is 4. The highest BCUT2D eigenvalue weighted by Gasteiger charge is 2.31. The molecule has 2 aliphatic rings. The Kier molecular flexibility index (Phi) is 3.44. The number of furan rings is 1. The summed E-state index contributed by atoms with van der Waals surface area (Å²) in [6.07, 6.45) is 1.62. The Balaban J connectivity index is 1.43. The third-order valence-electron chi connectivity index (χ3n) is 4.47. The van der Waals surface area contributed by atoms with Crippen LogP contribution in [0, 0.1) is 0 Å². The van der Waals surface area contributed by atoms with E-state index < -0.39 is 0 Å². The van der Waals surface area contributed by atoms with Crippen molar-refractivity contribution in [3.8, 4) is 11.3 Å². The number of aromatic amines is 1. The lowest BCUT2D eigenvalue weighted by molar-refractivity contribution is -0.114. The third kappa shape index (κ3) is 2.50. The summed E-state index contributed by atoms with van der Waals surface area (Å²) in [4.78, 5) is 24.2. The van der Waals surface area contributed by atoms with Crippen LogP contribution in [0.15, 0.2) is 45.4 Å². The van der Waals surface area contributed by atoms with Gasteiger partial charge in [-0.3, -0.25) is 4.79 Å². The third-order valence-corrected chi connectivity index (χ3v) is 4.47. The first kappa shape index (κ1) is 16.1. The summed E-state index contributed by atoms with van der Waals surface area (Å²) in [5, 5.41) is 18.5. The molecule has 0 radical (unpaired) electrons. The number of nitrogens with one attached hydrogen (secondary N) is 1. The number of hydrogen-bond donors (Lipinski definition) is 1. The van der Waals surface area contributed by atoms with E-state index in [-0.39, 0.29) is 24.4 Å². The molecule has 0 saturated carbocycles. The first-order valence-corrected chi connectivity index (χ1v) is 8.35. The molecule has 2 aliphatic heterocycles. The summed E-state index contributed by atoms with van der Waals surface area (Å²) in [5.74, 6) is 0.500. The molecule has 2 aromatic heterocycles. The molecule has 0 spiro atoms. The van der Waals surface area contributed by atoms with Crippen LogP contribution in [0.25, 0.3) is 17.4 Å². The van der Waals surface area contributed by atoms with Gasteiger partial charge in [-0.2, -0.15) is 15.3 Å². The van der Waals surface area contributed by atoms with E-state index in [0.29, 0.717) is 28.4 Å².